The Morgan fingerprint density at radius 2 is 2.27 bits per heavy atom. The van der Waals surface area contributed by atoms with Crippen LogP contribution in [0.25, 0.3) is 0 Å². The van der Waals surface area contributed by atoms with Crippen molar-refractivity contribution in [3.05, 3.63) is 18.3 Å². The first-order valence-corrected chi connectivity index (χ1v) is 4.33. The first-order chi connectivity index (χ1) is 5.25. The highest BCUT2D eigenvalue weighted by atomic mass is 32.2. The van der Waals surface area contributed by atoms with Gasteiger partial charge in [0, 0.05) is 11.1 Å². The summed E-state index contributed by atoms with van der Waals surface area (Å²) in [4.78, 5) is 4.62. The van der Waals surface area contributed by atoms with Gasteiger partial charge < -0.3 is 10.0 Å². The first kappa shape index (κ1) is 8.58. The molecule has 0 saturated heterocycles. The topological polar surface area (TPSA) is 53.4 Å². The van der Waals surface area contributed by atoms with E-state index in [2.05, 4.69) is 4.98 Å². The van der Waals surface area contributed by atoms with Crippen LogP contribution in [-0.2, 0) is 0 Å². The lowest BCUT2D eigenvalue weighted by Crippen LogP contribution is -2.34. The highest BCUT2D eigenvalue weighted by Gasteiger charge is 2.16. The molecule has 0 aromatic carbocycles. The molecule has 0 aliphatic carbocycles. The number of thioether (sulfide) groups is 1. The molecule has 0 atom stereocenters. The molecule has 11 heavy (non-hydrogen) atoms. The van der Waals surface area contributed by atoms with Crippen molar-refractivity contribution in [2.24, 2.45) is 0 Å². The highest BCUT2D eigenvalue weighted by molar-refractivity contribution is 7.98. The SMILES string of the molecule is CSc1cccnc1B(O)O. The lowest BCUT2D eigenvalue weighted by Gasteiger charge is -2.02. The summed E-state index contributed by atoms with van der Waals surface area (Å²) in [6, 6.07) is 3.56. The number of rotatable bonds is 2. The van der Waals surface area contributed by atoms with Gasteiger partial charge >= 0.3 is 7.12 Å². The second kappa shape index (κ2) is 3.76. The van der Waals surface area contributed by atoms with E-state index in [1.54, 1.807) is 12.1 Å². The molecule has 0 aliphatic rings. The van der Waals surface area contributed by atoms with Gasteiger partial charge in [0.1, 0.15) is 0 Å². The summed E-state index contributed by atoms with van der Waals surface area (Å²) >= 11 is 1.44. The molecule has 0 unspecified atom stereocenters. The Labute approximate surface area is 69.6 Å². The number of hydrogen-bond acceptors (Lipinski definition) is 4. The fourth-order valence-corrected chi connectivity index (χ4v) is 1.35. The van der Waals surface area contributed by atoms with Gasteiger partial charge in [0.2, 0.25) is 0 Å². The lowest BCUT2D eigenvalue weighted by atomic mass is 9.86. The third-order valence-electron chi connectivity index (χ3n) is 1.26. The molecule has 3 nitrogen and oxygen atoms in total. The van der Waals surface area contributed by atoms with Crippen molar-refractivity contribution >= 4 is 24.5 Å². The number of pyridine rings is 1. The van der Waals surface area contributed by atoms with Gasteiger partial charge in [-0.25, -0.2) is 0 Å². The lowest BCUT2D eigenvalue weighted by molar-refractivity contribution is 0.423. The van der Waals surface area contributed by atoms with Crippen molar-refractivity contribution in [2.75, 3.05) is 6.26 Å². The van der Waals surface area contributed by atoms with Gasteiger partial charge in [0.15, 0.2) is 0 Å². The molecule has 0 amide bonds. The Morgan fingerprint density at radius 3 is 2.73 bits per heavy atom. The van der Waals surface area contributed by atoms with E-state index in [0.29, 0.717) is 5.59 Å². The van der Waals surface area contributed by atoms with Crippen molar-refractivity contribution in [2.45, 2.75) is 4.90 Å². The van der Waals surface area contributed by atoms with Gasteiger partial charge in [-0.1, -0.05) is 0 Å². The predicted octanol–water partition coefficient (Wildman–Crippen LogP) is -0.517. The van der Waals surface area contributed by atoms with Crippen LogP contribution in [0.15, 0.2) is 23.2 Å². The molecular weight excluding hydrogens is 161 g/mol. The van der Waals surface area contributed by atoms with E-state index in [4.69, 9.17) is 10.0 Å². The van der Waals surface area contributed by atoms with Crippen LogP contribution in [0.1, 0.15) is 0 Å². The average Bonchev–Trinajstić information content (AvgIpc) is 2.04. The summed E-state index contributed by atoms with van der Waals surface area (Å²) in [6.07, 6.45) is 3.40. The zero-order valence-corrected chi connectivity index (χ0v) is 6.88. The second-order valence-electron chi connectivity index (χ2n) is 1.96. The minimum Gasteiger partial charge on any atom is -0.422 e. The van der Waals surface area contributed by atoms with Crippen LogP contribution in [0.4, 0.5) is 0 Å². The van der Waals surface area contributed by atoms with E-state index in [1.807, 2.05) is 6.26 Å². The van der Waals surface area contributed by atoms with E-state index in [-0.39, 0.29) is 0 Å². The van der Waals surface area contributed by atoms with Crippen LogP contribution in [0.2, 0.25) is 0 Å². The fraction of sp³-hybridized carbons (Fsp3) is 0.167. The van der Waals surface area contributed by atoms with E-state index < -0.39 is 7.12 Å². The Kier molecular flexibility index (Phi) is 2.93. The zero-order chi connectivity index (χ0) is 8.27. The fourth-order valence-electron chi connectivity index (χ4n) is 0.769. The largest absolute Gasteiger partial charge is 0.509 e. The quantitative estimate of drug-likeness (QED) is 0.462. The third kappa shape index (κ3) is 1.96. The van der Waals surface area contributed by atoms with Gasteiger partial charge in [-0.2, -0.15) is 0 Å². The van der Waals surface area contributed by atoms with Crippen molar-refractivity contribution in [3.8, 4) is 0 Å². The minimum atomic E-state index is -1.47. The molecule has 1 rings (SSSR count). The van der Waals surface area contributed by atoms with Crippen LogP contribution >= 0.6 is 11.8 Å². The van der Waals surface area contributed by atoms with Crippen molar-refractivity contribution in [1.82, 2.24) is 4.98 Å². The van der Waals surface area contributed by atoms with Gasteiger partial charge in [-0.05, 0) is 18.4 Å². The maximum Gasteiger partial charge on any atom is 0.509 e. The Bertz CT molecular complexity index is 244. The highest BCUT2D eigenvalue weighted by Crippen LogP contribution is 2.09. The Morgan fingerprint density at radius 1 is 1.55 bits per heavy atom. The maximum atomic E-state index is 8.82. The molecule has 0 saturated carbocycles. The molecule has 0 radical (unpaired) electrons. The molecule has 2 N–H and O–H groups in total. The van der Waals surface area contributed by atoms with Crippen LogP contribution < -0.4 is 5.59 Å². The van der Waals surface area contributed by atoms with E-state index in [1.165, 1.54) is 18.0 Å². The number of nitrogens with zero attached hydrogens (tertiary/aromatic N) is 1. The summed E-state index contributed by atoms with van der Waals surface area (Å²) in [5, 5.41) is 17.6. The smallest absolute Gasteiger partial charge is 0.422 e. The van der Waals surface area contributed by atoms with Gasteiger partial charge in [-0.15, -0.1) is 11.8 Å². The van der Waals surface area contributed by atoms with Crippen LogP contribution in [-0.4, -0.2) is 28.4 Å². The molecule has 58 valence electrons. The zero-order valence-electron chi connectivity index (χ0n) is 6.06. The molecule has 1 heterocycles. The van der Waals surface area contributed by atoms with E-state index >= 15 is 0 Å². The number of aromatic nitrogens is 1. The maximum absolute atomic E-state index is 8.82. The molecule has 5 heteroatoms. The van der Waals surface area contributed by atoms with Crippen LogP contribution in [0.5, 0.6) is 0 Å². The minimum absolute atomic E-state index is 0.319. The summed E-state index contributed by atoms with van der Waals surface area (Å²) in [5.41, 5.74) is 0.319. The second-order valence-corrected chi connectivity index (χ2v) is 2.81. The molecule has 0 aliphatic heterocycles. The summed E-state index contributed by atoms with van der Waals surface area (Å²) in [7, 11) is -1.47. The van der Waals surface area contributed by atoms with Gasteiger partial charge in [-0.3, -0.25) is 4.98 Å². The van der Waals surface area contributed by atoms with Gasteiger partial charge in [0.25, 0.3) is 0 Å². The van der Waals surface area contributed by atoms with E-state index in [9.17, 15) is 0 Å². The molecule has 0 spiro atoms. The van der Waals surface area contributed by atoms with Crippen LogP contribution in [0, 0.1) is 0 Å². The average molecular weight is 169 g/mol. The van der Waals surface area contributed by atoms with Gasteiger partial charge in [0.05, 0.1) is 5.59 Å². The Balaban J connectivity index is 3.02. The Hall–Kier alpha value is -0.515. The monoisotopic (exact) mass is 169 g/mol. The summed E-state index contributed by atoms with van der Waals surface area (Å²) in [5.74, 6) is 0. The molecule has 0 fully saturated rings. The first-order valence-electron chi connectivity index (χ1n) is 3.10. The van der Waals surface area contributed by atoms with E-state index in [0.717, 1.165) is 4.90 Å². The number of hydrogen-bond donors (Lipinski definition) is 2. The standard InChI is InChI=1S/C6H8BNO2S/c1-11-5-3-2-4-8-6(5)7(9)10/h2-4,9-10H,1H3. The predicted molar refractivity (Wildman–Crippen MR) is 45.8 cm³/mol. The molecule has 1 aromatic heterocycles. The van der Waals surface area contributed by atoms with Crippen LogP contribution in [0.3, 0.4) is 0 Å². The molecule has 0 bridgehead atoms. The van der Waals surface area contributed by atoms with Crippen molar-refractivity contribution < 1.29 is 10.0 Å². The normalized spacial score (nSPS) is 9.73. The van der Waals surface area contributed by atoms with Crippen molar-refractivity contribution in [1.29, 1.82) is 0 Å². The molecular formula is C6H8BNO2S. The molecule has 1 aromatic rings. The van der Waals surface area contributed by atoms with Crippen molar-refractivity contribution in [3.63, 3.8) is 0 Å². The summed E-state index contributed by atoms with van der Waals surface area (Å²) < 4.78 is 0. The summed E-state index contributed by atoms with van der Waals surface area (Å²) in [6.45, 7) is 0. The third-order valence-corrected chi connectivity index (χ3v) is 2.05.